The first-order valence-corrected chi connectivity index (χ1v) is 7.13. The fourth-order valence-electron chi connectivity index (χ4n) is 1.74. The minimum Gasteiger partial charge on any atom is -0.279 e. The second-order valence-corrected chi connectivity index (χ2v) is 5.88. The lowest BCUT2D eigenvalue weighted by Gasteiger charge is -2.02. The third-order valence-electron chi connectivity index (χ3n) is 2.82. The first-order chi connectivity index (χ1) is 9.76. The fraction of sp³-hybridized carbons (Fsp3) is 0.182. The zero-order valence-electron chi connectivity index (χ0n) is 10.5. The highest BCUT2D eigenvalue weighted by molar-refractivity contribution is 7.90. The van der Waals surface area contributed by atoms with Gasteiger partial charge in [0, 0.05) is 12.8 Å². The molecule has 3 rings (SSSR count). The largest absolute Gasteiger partial charge is 0.293 e. The first-order valence-electron chi connectivity index (χ1n) is 5.69. The highest BCUT2D eigenvalue weighted by atomic mass is 32.2. The van der Waals surface area contributed by atoms with E-state index in [1.54, 1.807) is 0 Å². The van der Waals surface area contributed by atoms with Crippen molar-refractivity contribution in [2.45, 2.75) is 17.7 Å². The second-order valence-electron chi connectivity index (χ2n) is 4.15. The number of benzene rings is 1. The number of amides is 3. The Morgan fingerprint density at radius 3 is 1.90 bits per heavy atom. The molecule has 1 aromatic carbocycles. The molecule has 0 aliphatic carbocycles. The van der Waals surface area contributed by atoms with E-state index < -0.39 is 27.7 Å². The van der Waals surface area contributed by atoms with Gasteiger partial charge in [0.05, 0.1) is 5.56 Å². The Morgan fingerprint density at radius 2 is 1.48 bits per heavy atom. The van der Waals surface area contributed by atoms with E-state index in [0.717, 1.165) is 0 Å². The number of nitrogens with zero attached hydrogens (tertiary/aromatic N) is 2. The van der Waals surface area contributed by atoms with Crippen LogP contribution in [0.5, 0.6) is 0 Å². The summed E-state index contributed by atoms with van der Waals surface area (Å²) in [6.07, 6.45) is 0.296. The molecule has 0 aromatic heterocycles. The van der Waals surface area contributed by atoms with E-state index in [4.69, 9.17) is 10.4 Å². The van der Waals surface area contributed by atoms with E-state index in [1.807, 2.05) is 0 Å². The van der Waals surface area contributed by atoms with Crippen LogP contribution in [0.4, 0.5) is 0 Å². The molecule has 2 N–H and O–H groups in total. The molecule has 1 aromatic rings. The van der Waals surface area contributed by atoms with Crippen LogP contribution in [0.25, 0.3) is 0 Å². The lowest BCUT2D eigenvalue weighted by atomic mass is 10.2. The number of fused-ring (bicyclic) bond motifs is 1. The average Bonchev–Trinajstić information content (AvgIpc) is 2.85. The molecule has 0 radical (unpaired) electrons. The van der Waals surface area contributed by atoms with Crippen LogP contribution < -0.4 is 0 Å². The lowest BCUT2D eigenvalue weighted by molar-refractivity contribution is -0.171. The Balaban J connectivity index is 0.000000173. The number of carbonyl (C=O) groups is 3. The van der Waals surface area contributed by atoms with Crippen LogP contribution in [0, 0.1) is 0 Å². The van der Waals surface area contributed by atoms with Gasteiger partial charge >= 0.3 is 0 Å². The number of carbonyl (C=O) groups excluding carboxylic acids is 3. The Bertz CT molecular complexity index is 712. The van der Waals surface area contributed by atoms with Crippen molar-refractivity contribution < 1.29 is 33.2 Å². The number of hydroxylamine groups is 3. The summed E-state index contributed by atoms with van der Waals surface area (Å²) in [5, 5.41) is 17.5. The molecule has 2 aliphatic rings. The summed E-state index contributed by atoms with van der Waals surface area (Å²) in [4.78, 5) is 31.4. The normalized spacial score (nSPS) is 19.4. The van der Waals surface area contributed by atoms with Crippen molar-refractivity contribution in [2.75, 3.05) is 0 Å². The molecule has 10 heteroatoms. The molecule has 1 saturated heterocycles. The minimum absolute atomic E-state index is 0.00463. The molecular formula is C11H10N2O7S. The summed E-state index contributed by atoms with van der Waals surface area (Å²) in [7, 11) is -3.99. The van der Waals surface area contributed by atoms with E-state index in [9.17, 15) is 22.8 Å². The molecule has 21 heavy (non-hydrogen) atoms. The highest BCUT2D eigenvalue weighted by Crippen LogP contribution is 2.27. The molecule has 112 valence electrons. The quantitative estimate of drug-likeness (QED) is 0.498. The van der Waals surface area contributed by atoms with Crippen molar-refractivity contribution >= 4 is 27.7 Å². The van der Waals surface area contributed by atoms with Gasteiger partial charge in [0.1, 0.15) is 4.90 Å². The maximum atomic E-state index is 11.2. The number of hydrogen-bond acceptors (Lipinski definition) is 7. The molecule has 2 aliphatic heterocycles. The highest BCUT2D eigenvalue weighted by Gasteiger charge is 2.40. The number of imide groups is 1. The van der Waals surface area contributed by atoms with Gasteiger partial charge in [-0.1, -0.05) is 12.1 Å². The summed E-state index contributed by atoms with van der Waals surface area (Å²) in [5.41, 5.74) is 0.00463. The summed E-state index contributed by atoms with van der Waals surface area (Å²) < 4.78 is 22.3. The van der Waals surface area contributed by atoms with E-state index in [1.165, 1.54) is 24.3 Å². The molecule has 0 spiro atoms. The van der Waals surface area contributed by atoms with E-state index >= 15 is 0 Å². The Hall–Kier alpha value is -2.30. The van der Waals surface area contributed by atoms with Crippen LogP contribution in [0.2, 0.25) is 0 Å². The Kier molecular flexibility index (Phi) is 3.77. The maximum absolute atomic E-state index is 11.2. The van der Waals surface area contributed by atoms with Gasteiger partial charge in [0.2, 0.25) is 0 Å². The third kappa shape index (κ3) is 2.51. The van der Waals surface area contributed by atoms with E-state index in [2.05, 4.69) is 0 Å². The third-order valence-corrected chi connectivity index (χ3v) is 4.35. The zero-order valence-corrected chi connectivity index (χ0v) is 11.3. The van der Waals surface area contributed by atoms with Crippen LogP contribution >= 0.6 is 0 Å². The molecule has 9 nitrogen and oxygen atoms in total. The number of hydrogen-bond donors (Lipinski definition) is 2. The van der Waals surface area contributed by atoms with Gasteiger partial charge in [-0.3, -0.25) is 24.8 Å². The van der Waals surface area contributed by atoms with Crippen LogP contribution in [0.3, 0.4) is 0 Å². The summed E-state index contributed by atoms with van der Waals surface area (Å²) >= 11 is 0. The van der Waals surface area contributed by atoms with Gasteiger partial charge in [0.15, 0.2) is 0 Å². The van der Waals surface area contributed by atoms with Gasteiger partial charge in [0.25, 0.3) is 27.7 Å². The maximum Gasteiger partial charge on any atom is 0.293 e. The Labute approximate surface area is 119 Å². The van der Waals surface area contributed by atoms with Crippen molar-refractivity contribution in [3.05, 3.63) is 29.8 Å². The molecule has 0 unspecified atom stereocenters. The van der Waals surface area contributed by atoms with Crippen molar-refractivity contribution in [3.63, 3.8) is 0 Å². The van der Waals surface area contributed by atoms with E-state index in [0.29, 0.717) is 0 Å². The average molecular weight is 314 g/mol. The predicted molar refractivity (Wildman–Crippen MR) is 64.5 cm³/mol. The number of sulfonamides is 1. The zero-order chi connectivity index (χ0) is 15.8. The molecule has 3 amide bonds. The molecule has 2 heterocycles. The summed E-state index contributed by atoms with van der Waals surface area (Å²) in [6.45, 7) is 0. The SMILES string of the molecule is O=C1CCC(=O)N1O.O=C1c2ccccc2S(=O)(=O)N1O. The van der Waals surface area contributed by atoms with Gasteiger partial charge in [-0.2, -0.15) is 13.5 Å². The van der Waals surface area contributed by atoms with Crippen LogP contribution in [0.1, 0.15) is 23.2 Å². The van der Waals surface area contributed by atoms with E-state index in [-0.39, 0.29) is 32.8 Å². The van der Waals surface area contributed by atoms with Crippen molar-refractivity contribution in [1.82, 2.24) is 9.53 Å². The van der Waals surface area contributed by atoms with Gasteiger partial charge in [-0.15, -0.1) is 4.47 Å². The molecule has 1 fully saturated rings. The van der Waals surface area contributed by atoms with Gasteiger partial charge in [-0.05, 0) is 12.1 Å². The van der Waals surface area contributed by atoms with Crippen LogP contribution in [-0.2, 0) is 19.6 Å². The van der Waals surface area contributed by atoms with Crippen molar-refractivity contribution in [1.29, 1.82) is 0 Å². The lowest BCUT2D eigenvalue weighted by Crippen LogP contribution is -2.25. The molecule has 0 atom stereocenters. The van der Waals surface area contributed by atoms with Crippen molar-refractivity contribution in [3.8, 4) is 0 Å². The van der Waals surface area contributed by atoms with Gasteiger partial charge in [-0.25, -0.2) is 0 Å². The molecule has 0 bridgehead atoms. The predicted octanol–water partition coefficient (Wildman–Crippen LogP) is -0.255. The monoisotopic (exact) mass is 314 g/mol. The summed E-state index contributed by atoms with van der Waals surface area (Å²) in [6, 6.07) is 5.65. The van der Waals surface area contributed by atoms with Crippen LogP contribution in [0.15, 0.2) is 29.2 Å². The first kappa shape index (κ1) is 15.1. The molecular weight excluding hydrogens is 304 g/mol. The second kappa shape index (κ2) is 5.24. The molecule has 0 saturated carbocycles. The standard InChI is InChI=1S/C7H5NO4S.C4H5NO3/c9-7-5-3-1-2-4-6(5)13(11,12)8(7)10;6-3-1-2-4(7)5(3)8/h1-4,10H;8H,1-2H2. The van der Waals surface area contributed by atoms with Gasteiger partial charge < -0.3 is 0 Å². The fourth-order valence-corrected chi connectivity index (χ4v) is 2.93. The van der Waals surface area contributed by atoms with Crippen LogP contribution in [-0.4, -0.2) is 46.1 Å². The van der Waals surface area contributed by atoms with Crippen molar-refractivity contribution in [2.24, 2.45) is 0 Å². The smallest absolute Gasteiger partial charge is 0.279 e. The topological polar surface area (TPSA) is 132 Å². The minimum atomic E-state index is -3.99. The summed E-state index contributed by atoms with van der Waals surface area (Å²) in [5.74, 6) is -1.92. The number of rotatable bonds is 0. The Morgan fingerprint density at radius 1 is 0.952 bits per heavy atom.